The lowest BCUT2D eigenvalue weighted by Gasteiger charge is -2.00. The van der Waals surface area contributed by atoms with E-state index in [0.29, 0.717) is 17.3 Å². The van der Waals surface area contributed by atoms with Crippen molar-refractivity contribution in [1.29, 1.82) is 0 Å². The lowest BCUT2D eigenvalue weighted by atomic mass is 10.3. The van der Waals surface area contributed by atoms with E-state index >= 15 is 0 Å². The highest BCUT2D eigenvalue weighted by atomic mass is 35.5. The maximum absolute atomic E-state index is 5.90. The Labute approximate surface area is 86.0 Å². The molecule has 1 aromatic heterocycles. The lowest BCUT2D eigenvalue weighted by Crippen LogP contribution is -1.97. The van der Waals surface area contributed by atoms with Crippen LogP contribution in [0.5, 0.6) is 5.75 Å². The highest BCUT2D eigenvalue weighted by molar-refractivity contribution is 6.31. The van der Waals surface area contributed by atoms with Crippen LogP contribution >= 0.6 is 11.6 Å². The first-order valence-electron chi connectivity index (χ1n) is 4.17. The first-order chi connectivity index (χ1) is 6.74. The Balaban J connectivity index is 2.71. The number of aromatic nitrogens is 2. The third-order valence-corrected chi connectivity index (χ3v) is 2.20. The number of rotatable bonds is 2. The second kappa shape index (κ2) is 3.48. The molecular weight excluding hydrogens is 202 g/mol. The summed E-state index contributed by atoms with van der Waals surface area (Å²) in [6.07, 6.45) is 0. The van der Waals surface area contributed by atoms with Crippen LogP contribution in [-0.2, 0) is 6.54 Å². The molecule has 74 valence electrons. The third kappa shape index (κ3) is 1.42. The summed E-state index contributed by atoms with van der Waals surface area (Å²) in [5.41, 5.74) is 7.08. The zero-order valence-corrected chi connectivity index (χ0v) is 8.43. The number of nitrogens with zero attached hydrogens (tertiary/aromatic N) is 1. The fourth-order valence-corrected chi connectivity index (χ4v) is 1.56. The summed E-state index contributed by atoms with van der Waals surface area (Å²) >= 11 is 5.90. The fraction of sp³-hybridized carbons (Fsp3) is 0.222. The summed E-state index contributed by atoms with van der Waals surface area (Å²) in [6.45, 7) is 0.370. The van der Waals surface area contributed by atoms with E-state index in [1.807, 2.05) is 0 Å². The van der Waals surface area contributed by atoms with Gasteiger partial charge in [0.1, 0.15) is 17.1 Å². The molecule has 0 aliphatic rings. The van der Waals surface area contributed by atoms with E-state index in [2.05, 4.69) is 9.97 Å². The van der Waals surface area contributed by atoms with Gasteiger partial charge in [-0.1, -0.05) is 11.6 Å². The van der Waals surface area contributed by atoms with Crippen LogP contribution in [0.4, 0.5) is 0 Å². The smallest absolute Gasteiger partial charge is 0.148 e. The Bertz CT molecular complexity index is 466. The Hall–Kier alpha value is -1.26. The number of halogens is 1. The molecule has 0 amide bonds. The van der Waals surface area contributed by atoms with Crippen LogP contribution in [0.2, 0.25) is 5.02 Å². The Morgan fingerprint density at radius 2 is 2.36 bits per heavy atom. The van der Waals surface area contributed by atoms with E-state index in [-0.39, 0.29) is 0 Å². The SMILES string of the molecule is COc1cc(Cl)cc2[nH]c(CN)nc12. The monoisotopic (exact) mass is 211 g/mol. The minimum atomic E-state index is 0.370. The molecule has 4 nitrogen and oxygen atoms in total. The number of methoxy groups -OCH3 is 1. The summed E-state index contributed by atoms with van der Waals surface area (Å²) in [5, 5.41) is 0.613. The molecule has 0 fully saturated rings. The summed E-state index contributed by atoms with van der Waals surface area (Å²) < 4.78 is 5.16. The first kappa shape index (κ1) is 9.30. The summed E-state index contributed by atoms with van der Waals surface area (Å²) in [6, 6.07) is 3.52. The number of nitrogens with two attached hydrogens (primary N) is 1. The fourth-order valence-electron chi connectivity index (χ4n) is 1.36. The minimum absolute atomic E-state index is 0.370. The second-order valence-corrected chi connectivity index (χ2v) is 3.33. The van der Waals surface area contributed by atoms with Crippen molar-refractivity contribution in [3.8, 4) is 5.75 Å². The van der Waals surface area contributed by atoms with Gasteiger partial charge in [0.05, 0.1) is 19.2 Å². The van der Waals surface area contributed by atoms with Crippen LogP contribution in [0.3, 0.4) is 0 Å². The van der Waals surface area contributed by atoms with Crippen LogP contribution < -0.4 is 10.5 Å². The molecule has 0 radical (unpaired) electrons. The van der Waals surface area contributed by atoms with Gasteiger partial charge in [-0.05, 0) is 6.07 Å². The van der Waals surface area contributed by atoms with Gasteiger partial charge in [-0.2, -0.15) is 0 Å². The number of ether oxygens (including phenoxy) is 1. The third-order valence-electron chi connectivity index (χ3n) is 1.98. The van der Waals surface area contributed by atoms with Crippen LogP contribution in [0.25, 0.3) is 11.0 Å². The second-order valence-electron chi connectivity index (χ2n) is 2.89. The van der Waals surface area contributed by atoms with Gasteiger partial charge in [0.25, 0.3) is 0 Å². The van der Waals surface area contributed by atoms with Crippen molar-refractivity contribution in [2.75, 3.05) is 7.11 Å². The lowest BCUT2D eigenvalue weighted by molar-refractivity contribution is 0.419. The average Bonchev–Trinajstić information content (AvgIpc) is 2.59. The molecule has 14 heavy (non-hydrogen) atoms. The number of fused-ring (bicyclic) bond motifs is 1. The van der Waals surface area contributed by atoms with Crippen molar-refractivity contribution in [3.63, 3.8) is 0 Å². The van der Waals surface area contributed by atoms with E-state index in [4.69, 9.17) is 22.1 Å². The van der Waals surface area contributed by atoms with Gasteiger partial charge in [-0.3, -0.25) is 0 Å². The van der Waals surface area contributed by atoms with E-state index in [0.717, 1.165) is 16.9 Å². The maximum atomic E-state index is 5.90. The van der Waals surface area contributed by atoms with E-state index in [9.17, 15) is 0 Å². The molecule has 0 spiro atoms. The van der Waals surface area contributed by atoms with Gasteiger partial charge < -0.3 is 15.5 Å². The predicted molar refractivity (Wildman–Crippen MR) is 55.5 cm³/mol. The van der Waals surface area contributed by atoms with Crippen molar-refractivity contribution < 1.29 is 4.74 Å². The highest BCUT2D eigenvalue weighted by Crippen LogP contribution is 2.27. The molecule has 0 aliphatic carbocycles. The topological polar surface area (TPSA) is 63.9 Å². The van der Waals surface area contributed by atoms with Crippen molar-refractivity contribution >= 4 is 22.6 Å². The van der Waals surface area contributed by atoms with Crippen LogP contribution in [0.1, 0.15) is 5.82 Å². The quantitative estimate of drug-likeness (QED) is 0.795. The molecule has 2 aromatic rings. The Morgan fingerprint density at radius 3 is 3.00 bits per heavy atom. The van der Waals surface area contributed by atoms with Crippen LogP contribution in [0.15, 0.2) is 12.1 Å². The largest absolute Gasteiger partial charge is 0.494 e. The standard InChI is InChI=1S/C9H10ClN3O/c1-14-7-3-5(10)2-6-9(7)13-8(4-11)12-6/h2-3H,4,11H2,1H3,(H,12,13). The van der Waals surface area contributed by atoms with Crippen LogP contribution in [-0.4, -0.2) is 17.1 Å². The van der Waals surface area contributed by atoms with Gasteiger partial charge in [-0.25, -0.2) is 4.98 Å². The molecule has 1 heterocycles. The predicted octanol–water partition coefficient (Wildman–Crippen LogP) is 1.68. The number of nitrogens with one attached hydrogen (secondary N) is 1. The number of hydrogen-bond donors (Lipinski definition) is 2. The summed E-state index contributed by atoms with van der Waals surface area (Å²) in [5.74, 6) is 1.38. The molecule has 0 saturated heterocycles. The van der Waals surface area contributed by atoms with Crippen molar-refractivity contribution in [3.05, 3.63) is 23.0 Å². The molecule has 0 unspecified atom stereocenters. The Kier molecular flexibility index (Phi) is 2.31. The number of aromatic amines is 1. The number of H-pyrrole nitrogens is 1. The first-order valence-corrected chi connectivity index (χ1v) is 4.54. The van der Waals surface area contributed by atoms with Gasteiger partial charge in [0, 0.05) is 11.1 Å². The molecular formula is C9H10ClN3O. The van der Waals surface area contributed by atoms with E-state index < -0.39 is 0 Å². The average molecular weight is 212 g/mol. The molecule has 5 heteroatoms. The molecule has 0 aliphatic heterocycles. The van der Waals surface area contributed by atoms with E-state index in [1.165, 1.54) is 0 Å². The zero-order valence-electron chi connectivity index (χ0n) is 7.67. The molecule has 0 atom stereocenters. The van der Waals surface area contributed by atoms with Gasteiger partial charge in [-0.15, -0.1) is 0 Å². The van der Waals surface area contributed by atoms with Gasteiger partial charge in [0.2, 0.25) is 0 Å². The van der Waals surface area contributed by atoms with Gasteiger partial charge in [0.15, 0.2) is 0 Å². The maximum Gasteiger partial charge on any atom is 0.148 e. The van der Waals surface area contributed by atoms with E-state index in [1.54, 1.807) is 19.2 Å². The van der Waals surface area contributed by atoms with Crippen molar-refractivity contribution in [1.82, 2.24) is 9.97 Å². The molecule has 1 aromatic carbocycles. The van der Waals surface area contributed by atoms with Crippen LogP contribution in [0, 0.1) is 0 Å². The normalized spacial score (nSPS) is 10.8. The Morgan fingerprint density at radius 1 is 1.57 bits per heavy atom. The molecule has 0 bridgehead atoms. The summed E-state index contributed by atoms with van der Waals surface area (Å²) in [7, 11) is 1.59. The summed E-state index contributed by atoms with van der Waals surface area (Å²) in [4.78, 5) is 7.34. The zero-order chi connectivity index (χ0) is 10.1. The number of hydrogen-bond acceptors (Lipinski definition) is 3. The van der Waals surface area contributed by atoms with Crippen molar-refractivity contribution in [2.24, 2.45) is 5.73 Å². The number of benzene rings is 1. The molecule has 2 rings (SSSR count). The van der Waals surface area contributed by atoms with Crippen molar-refractivity contribution in [2.45, 2.75) is 6.54 Å². The highest BCUT2D eigenvalue weighted by Gasteiger charge is 2.08. The number of imidazole rings is 1. The molecule has 0 saturated carbocycles. The minimum Gasteiger partial charge on any atom is -0.494 e. The molecule has 3 N–H and O–H groups in total. The van der Waals surface area contributed by atoms with Gasteiger partial charge >= 0.3 is 0 Å².